The summed E-state index contributed by atoms with van der Waals surface area (Å²) in [7, 11) is 0. The molecule has 17 heavy (non-hydrogen) atoms. The van der Waals surface area contributed by atoms with Gasteiger partial charge >= 0.3 is 0 Å². The molecule has 3 heteroatoms. The van der Waals surface area contributed by atoms with Gasteiger partial charge in [0.05, 0.1) is 0 Å². The van der Waals surface area contributed by atoms with E-state index in [0.717, 1.165) is 24.7 Å². The number of benzene rings is 1. The highest BCUT2D eigenvalue weighted by molar-refractivity contribution is 6.30. The highest BCUT2D eigenvalue weighted by Gasteiger charge is 2.09. The van der Waals surface area contributed by atoms with Gasteiger partial charge in [0, 0.05) is 36.4 Å². The van der Waals surface area contributed by atoms with Gasteiger partial charge in [0.1, 0.15) is 0 Å². The molecule has 1 N–H and O–H groups in total. The van der Waals surface area contributed by atoms with Crippen molar-refractivity contribution in [1.82, 2.24) is 5.32 Å². The minimum atomic E-state index is 0.496. The summed E-state index contributed by atoms with van der Waals surface area (Å²) < 4.78 is 0. The Morgan fingerprint density at radius 2 is 1.88 bits per heavy atom. The summed E-state index contributed by atoms with van der Waals surface area (Å²) in [5, 5.41) is 4.26. The molecule has 0 aliphatic heterocycles. The molecule has 0 aliphatic carbocycles. The fourth-order valence-corrected chi connectivity index (χ4v) is 2.03. The molecule has 2 nitrogen and oxygen atoms in total. The molecule has 96 valence electrons. The van der Waals surface area contributed by atoms with E-state index < -0.39 is 0 Å². The molecule has 0 radical (unpaired) electrons. The number of hydrogen-bond donors (Lipinski definition) is 1. The zero-order valence-electron chi connectivity index (χ0n) is 11.3. The van der Waals surface area contributed by atoms with Crippen LogP contribution < -0.4 is 10.2 Å². The van der Waals surface area contributed by atoms with Crippen molar-refractivity contribution in [3.63, 3.8) is 0 Å². The van der Waals surface area contributed by atoms with Gasteiger partial charge in [-0.1, -0.05) is 31.5 Å². The highest BCUT2D eigenvalue weighted by atomic mass is 35.5. The van der Waals surface area contributed by atoms with E-state index in [4.69, 9.17) is 11.6 Å². The Morgan fingerprint density at radius 3 is 2.41 bits per heavy atom. The lowest BCUT2D eigenvalue weighted by molar-refractivity contribution is 0.588. The Morgan fingerprint density at radius 1 is 1.24 bits per heavy atom. The fourth-order valence-electron chi connectivity index (χ4n) is 1.86. The summed E-state index contributed by atoms with van der Waals surface area (Å²) in [5.41, 5.74) is 2.56. The van der Waals surface area contributed by atoms with Crippen molar-refractivity contribution in [2.75, 3.05) is 18.0 Å². The lowest BCUT2D eigenvalue weighted by Crippen LogP contribution is -2.26. The maximum Gasteiger partial charge on any atom is 0.0426 e. The third kappa shape index (κ3) is 4.21. The lowest BCUT2D eigenvalue weighted by atomic mass is 10.1. The van der Waals surface area contributed by atoms with Gasteiger partial charge in [-0.15, -0.1) is 0 Å². The fraction of sp³-hybridized carbons (Fsp3) is 0.571. The van der Waals surface area contributed by atoms with Crippen LogP contribution in [0.4, 0.5) is 5.69 Å². The number of hydrogen-bond acceptors (Lipinski definition) is 2. The molecule has 0 aliphatic rings. The molecule has 0 saturated carbocycles. The number of halogens is 1. The second-order valence-corrected chi connectivity index (χ2v) is 4.92. The summed E-state index contributed by atoms with van der Waals surface area (Å²) in [6, 6.07) is 6.64. The maximum absolute atomic E-state index is 6.09. The summed E-state index contributed by atoms with van der Waals surface area (Å²) in [6.45, 7) is 11.6. The third-order valence-electron chi connectivity index (χ3n) is 2.85. The predicted octanol–water partition coefficient (Wildman–Crippen LogP) is 3.68. The zero-order valence-corrected chi connectivity index (χ0v) is 12.0. The smallest absolute Gasteiger partial charge is 0.0426 e. The van der Waals surface area contributed by atoms with Crippen molar-refractivity contribution < 1.29 is 0 Å². The van der Waals surface area contributed by atoms with Crippen LogP contribution in [0, 0.1) is 0 Å². The zero-order chi connectivity index (χ0) is 12.8. The normalized spacial score (nSPS) is 10.9. The van der Waals surface area contributed by atoms with Gasteiger partial charge in [0.2, 0.25) is 0 Å². The third-order valence-corrected chi connectivity index (χ3v) is 3.09. The first-order valence-corrected chi connectivity index (χ1v) is 6.73. The topological polar surface area (TPSA) is 15.3 Å². The average molecular weight is 255 g/mol. The van der Waals surface area contributed by atoms with E-state index in [1.165, 1.54) is 11.3 Å². The first-order chi connectivity index (χ1) is 8.08. The molecule has 0 fully saturated rings. The van der Waals surface area contributed by atoms with E-state index >= 15 is 0 Å². The van der Waals surface area contributed by atoms with Crippen molar-refractivity contribution in [2.45, 2.75) is 40.3 Å². The van der Waals surface area contributed by atoms with Crippen LogP contribution in [0.5, 0.6) is 0 Å². The van der Waals surface area contributed by atoms with Crippen molar-refractivity contribution in [3.05, 3.63) is 28.8 Å². The van der Waals surface area contributed by atoms with E-state index in [9.17, 15) is 0 Å². The highest BCUT2D eigenvalue weighted by Crippen LogP contribution is 2.24. The summed E-state index contributed by atoms with van der Waals surface area (Å²) >= 11 is 6.09. The molecule has 0 saturated heterocycles. The average Bonchev–Trinajstić information content (AvgIpc) is 2.29. The molecule has 0 amide bonds. The van der Waals surface area contributed by atoms with E-state index in [1.54, 1.807) is 0 Å². The van der Waals surface area contributed by atoms with Crippen LogP contribution in [0.1, 0.15) is 33.3 Å². The molecular formula is C14H23ClN2. The van der Waals surface area contributed by atoms with Gasteiger partial charge in [0.25, 0.3) is 0 Å². The van der Waals surface area contributed by atoms with Crippen molar-refractivity contribution in [1.29, 1.82) is 0 Å². The Kier molecular flexibility index (Phi) is 5.79. The molecule has 1 rings (SSSR count). The molecule has 1 aromatic carbocycles. The summed E-state index contributed by atoms with van der Waals surface area (Å²) in [4.78, 5) is 2.34. The number of nitrogens with zero attached hydrogens (tertiary/aromatic N) is 1. The van der Waals surface area contributed by atoms with Crippen LogP contribution in [-0.2, 0) is 6.54 Å². The van der Waals surface area contributed by atoms with Gasteiger partial charge in [-0.05, 0) is 31.5 Å². The van der Waals surface area contributed by atoms with E-state index in [0.29, 0.717) is 6.04 Å². The number of rotatable bonds is 6. The van der Waals surface area contributed by atoms with Gasteiger partial charge < -0.3 is 10.2 Å². The second kappa shape index (κ2) is 6.87. The van der Waals surface area contributed by atoms with E-state index in [1.807, 2.05) is 6.07 Å². The van der Waals surface area contributed by atoms with Gasteiger partial charge in [-0.2, -0.15) is 0 Å². The predicted molar refractivity (Wildman–Crippen MR) is 77.0 cm³/mol. The minimum Gasteiger partial charge on any atom is -0.372 e. The van der Waals surface area contributed by atoms with Crippen molar-refractivity contribution >= 4 is 17.3 Å². The Bertz CT molecular complexity index is 346. The quantitative estimate of drug-likeness (QED) is 0.833. The molecule has 0 unspecified atom stereocenters. The Balaban J connectivity index is 2.94. The molecule has 1 aromatic rings. The molecule has 0 heterocycles. The number of nitrogens with one attached hydrogen (secondary N) is 1. The first-order valence-electron chi connectivity index (χ1n) is 6.35. The van der Waals surface area contributed by atoms with Crippen LogP contribution >= 0.6 is 11.6 Å². The monoisotopic (exact) mass is 254 g/mol. The second-order valence-electron chi connectivity index (χ2n) is 4.48. The Labute approximate surface area is 110 Å². The van der Waals surface area contributed by atoms with E-state index in [2.05, 4.69) is 50.0 Å². The number of anilines is 1. The standard InChI is InChI=1S/C14H23ClN2/c1-5-17(6-2)14-9-13(15)8-7-12(14)10-16-11(3)4/h7-9,11,16H,5-6,10H2,1-4H3. The SMILES string of the molecule is CCN(CC)c1cc(Cl)ccc1CNC(C)C. The van der Waals surface area contributed by atoms with E-state index in [-0.39, 0.29) is 0 Å². The van der Waals surface area contributed by atoms with Crippen molar-refractivity contribution in [2.24, 2.45) is 0 Å². The van der Waals surface area contributed by atoms with Gasteiger partial charge in [-0.3, -0.25) is 0 Å². The molecule has 0 aromatic heterocycles. The van der Waals surface area contributed by atoms with Gasteiger partial charge in [0.15, 0.2) is 0 Å². The summed E-state index contributed by atoms with van der Waals surface area (Å²) in [6.07, 6.45) is 0. The largest absolute Gasteiger partial charge is 0.372 e. The molecule has 0 spiro atoms. The molecule has 0 atom stereocenters. The Hall–Kier alpha value is -0.730. The van der Waals surface area contributed by atoms with Gasteiger partial charge in [-0.25, -0.2) is 0 Å². The van der Waals surface area contributed by atoms with Crippen LogP contribution in [0.15, 0.2) is 18.2 Å². The molecular weight excluding hydrogens is 232 g/mol. The maximum atomic E-state index is 6.09. The lowest BCUT2D eigenvalue weighted by Gasteiger charge is -2.25. The van der Waals surface area contributed by atoms with Crippen LogP contribution in [0.3, 0.4) is 0 Å². The van der Waals surface area contributed by atoms with Crippen LogP contribution in [0.25, 0.3) is 0 Å². The molecule has 0 bridgehead atoms. The first kappa shape index (κ1) is 14.3. The minimum absolute atomic E-state index is 0.496. The van der Waals surface area contributed by atoms with Crippen LogP contribution in [0.2, 0.25) is 5.02 Å². The van der Waals surface area contributed by atoms with Crippen LogP contribution in [-0.4, -0.2) is 19.1 Å². The van der Waals surface area contributed by atoms with Crippen molar-refractivity contribution in [3.8, 4) is 0 Å². The summed E-state index contributed by atoms with van der Waals surface area (Å²) in [5.74, 6) is 0.